The van der Waals surface area contributed by atoms with E-state index in [0.717, 1.165) is 17.4 Å². The third-order valence-electron chi connectivity index (χ3n) is 3.30. The van der Waals surface area contributed by atoms with E-state index in [1.165, 1.54) is 0 Å². The summed E-state index contributed by atoms with van der Waals surface area (Å²) in [5.41, 5.74) is 1.70. The molecule has 100 valence electrons. The van der Waals surface area contributed by atoms with E-state index < -0.39 is 0 Å². The third-order valence-corrected chi connectivity index (χ3v) is 3.30. The summed E-state index contributed by atoms with van der Waals surface area (Å²) in [7, 11) is 0. The summed E-state index contributed by atoms with van der Waals surface area (Å²) >= 11 is 0. The molecule has 0 aliphatic heterocycles. The van der Waals surface area contributed by atoms with Crippen molar-refractivity contribution in [3.63, 3.8) is 0 Å². The molecule has 0 atom stereocenters. The topological polar surface area (TPSA) is 31.2 Å². The second kappa shape index (κ2) is 5.21. The smallest absolute Gasteiger partial charge is 0.343 e. The van der Waals surface area contributed by atoms with Crippen molar-refractivity contribution in [2.45, 2.75) is 13.5 Å². The van der Waals surface area contributed by atoms with Crippen molar-refractivity contribution in [3.05, 3.63) is 66.4 Å². The molecule has 3 rings (SSSR count). The molecule has 3 nitrogen and oxygen atoms in total. The van der Waals surface area contributed by atoms with Gasteiger partial charge in [0.1, 0.15) is 5.75 Å². The number of carbonyl (C=O) groups is 1. The summed E-state index contributed by atoms with van der Waals surface area (Å²) in [6.45, 7) is 3.02. The molecule has 0 aliphatic carbocycles. The van der Waals surface area contributed by atoms with Crippen LogP contribution in [0.3, 0.4) is 0 Å². The molecule has 2 aromatic carbocycles. The Hall–Kier alpha value is -2.55. The van der Waals surface area contributed by atoms with Crippen molar-refractivity contribution in [3.8, 4) is 5.75 Å². The van der Waals surface area contributed by atoms with E-state index in [2.05, 4.69) is 11.5 Å². The van der Waals surface area contributed by atoms with E-state index >= 15 is 0 Å². The van der Waals surface area contributed by atoms with Gasteiger partial charge >= 0.3 is 5.97 Å². The lowest BCUT2D eigenvalue weighted by Crippen LogP contribution is -2.07. The summed E-state index contributed by atoms with van der Waals surface area (Å²) in [6.07, 6.45) is 2.04. The van der Waals surface area contributed by atoms with Crippen LogP contribution >= 0.6 is 0 Å². The number of aromatic nitrogens is 1. The van der Waals surface area contributed by atoms with Gasteiger partial charge in [-0.05, 0) is 43.3 Å². The zero-order valence-electron chi connectivity index (χ0n) is 11.2. The Bertz CT molecular complexity index is 744. The Labute approximate surface area is 117 Å². The summed E-state index contributed by atoms with van der Waals surface area (Å²) in [6, 6.07) is 16.7. The number of aryl methyl sites for hydroxylation is 1. The average Bonchev–Trinajstić information content (AvgIpc) is 2.90. The van der Waals surface area contributed by atoms with Gasteiger partial charge in [-0.3, -0.25) is 0 Å². The van der Waals surface area contributed by atoms with E-state index in [1.54, 1.807) is 12.1 Å². The first-order valence-corrected chi connectivity index (χ1v) is 6.64. The van der Waals surface area contributed by atoms with Crippen LogP contribution in [0.15, 0.2) is 60.8 Å². The lowest BCUT2D eigenvalue weighted by Gasteiger charge is -2.05. The molecular formula is C17H15NO2. The van der Waals surface area contributed by atoms with Crippen LogP contribution in [0.1, 0.15) is 17.3 Å². The van der Waals surface area contributed by atoms with Crippen LogP contribution in [0, 0.1) is 0 Å². The van der Waals surface area contributed by atoms with Gasteiger partial charge in [0.15, 0.2) is 0 Å². The summed E-state index contributed by atoms with van der Waals surface area (Å²) in [5, 5.41) is 1.07. The Morgan fingerprint density at radius 3 is 2.65 bits per heavy atom. The molecule has 0 N–H and O–H groups in total. The fraction of sp³-hybridized carbons (Fsp3) is 0.118. The highest BCUT2D eigenvalue weighted by atomic mass is 16.5. The van der Waals surface area contributed by atoms with E-state index in [-0.39, 0.29) is 5.97 Å². The number of hydrogen-bond donors (Lipinski definition) is 0. The Balaban J connectivity index is 1.86. The molecule has 0 fully saturated rings. The number of ether oxygens (including phenoxy) is 1. The van der Waals surface area contributed by atoms with Crippen molar-refractivity contribution in [1.29, 1.82) is 0 Å². The van der Waals surface area contributed by atoms with Crippen molar-refractivity contribution >= 4 is 16.9 Å². The number of carbonyl (C=O) groups excluding carboxylic acids is 1. The van der Waals surface area contributed by atoms with Gasteiger partial charge < -0.3 is 9.30 Å². The Morgan fingerprint density at radius 1 is 1.10 bits per heavy atom. The molecule has 1 aromatic heterocycles. The molecule has 0 radical (unpaired) electrons. The number of fused-ring (bicyclic) bond motifs is 1. The minimum absolute atomic E-state index is 0.333. The fourth-order valence-electron chi connectivity index (χ4n) is 2.26. The highest BCUT2D eigenvalue weighted by Gasteiger charge is 2.08. The van der Waals surface area contributed by atoms with Crippen LogP contribution in [0.5, 0.6) is 5.75 Å². The zero-order valence-corrected chi connectivity index (χ0v) is 11.2. The number of benzene rings is 2. The van der Waals surface area contributed by atoms with Crippen LogP contribution in [0.25, 0.3) is 10.9 Å². The zero-order chi connectivity index (χ0) is 13.9. The third kappa shape index (κ3) is 2.30. The minimum Gasteiger partial charge on any atom is -0.423 e. The number of esters is 1. The van der Waals surface area contributed by atoms with Gasteiger partial charge in [-0.1, -0.05) is 18.2 Å². The molecule has 20 heavy (non-hydrogen) atoms. The monoisotopic (exact) mass is 265 g/mol. The van der Waals surface area contributed by atoms with Crippen LogP contribution in [-0.2, 0) is 6.54 Å². The van der Waals surface area contributed by atoms with Crippen LogP contribution < -0.4 is 4.74 Å². The minimum atomic E-state index is -0.333. The molecule has 0 unspecified atom stereocenters. The van der Waals surface area contributed by atoms with Gasteiger partial charge in [0.2, 0.25) is 0 Å². The predicted octanol–water partition coefficient (Wildman–Crippen LogP) is 3.88. The molecule has 0 aliphatic rings. The Morgan fingerprint density at radius 2 is 1.90 bits per heavy atom. The second-order valence-corrected chi connectivity index (χ2v) is 4.58. The molecule has 0 saturated carbocycles. The summed E-state index contributed by atoms with van der Waals surface area (Å²) < 4.78 is 7.55. The molecule has 3 heteroatoms. The SMILES string of the molecule is CCn1ccc2cc(OC(=O)c3ccccc3)ccc21. The van der Waals surface area contributed by atoms with Crippen molar-refractivity contribution in [1.82, 2.24) is 4.57 Å². The largest absolute Gasteiger partial charge is 0.423 e. The molecule has 0 saturated heterocycles. The first kappa shape index (κ1) is 12.5. The lowest BCUT2D eigenvalue weighted by molar-refractivity contribution is 0.0735. The fourth-order valence-corrected chi connectivity index (χ4v) is 2.26. The molecule has 3 aromatic rings. The van der Waals surface area contributed by atoms with Crippen LogP contribution in [0.2, 0.25) is 0 Å². The van der Waals surface area contributed by atoms with Gasteiger partial charge in [0, 0.05) is 23.6 Å². The number of hydrogen-bond acceptors (Lipinski definition) is 2. The molecule has 0 spiro atoms. The summed E-state index contributed by atoms with van der Waals surface area (Å²) in [5.74, 6) is 0.236. The summed E-state index contributed by atoms with van der Waals surface area (Å²) in [4.78, 5) is 12.0. The molecule has 0 bridgehead atoms. The van der Waals surface area contributed by atoms with E-state index in [4.69, 9.17) is 4.74 Å². The van der Waals surface area contributed by atoms with E-state index in [1.807, 2.05) is 48.7 Å². The van der Waals surface area contributed by atoms with Gasteiger partial charge in [-0.2, -0.15) is 0 Å². The standard InChI is InChI=1S/C17H15NO2/c1-2-18-11-10-14-12-15(8-9-16(14)18)20-17(19)13-6-4-3-5-7-13/h3-12H,2H2,1H3. The quantitative estimate of drug-likeness (QED) is 0.531. The molecular weight excluding hydrogens is 250 g/mol. The number of nitrogens with zero attached hydrogens (tertiary/aromatic N) is 1. The van der Waals surface area contributed by atoms with Crippen molar-refractivity contribution < 1.29 is 9.53 Å². The maximum absolute atomic E-state index is 12.0. The molecule has 0 amide bonds. The normalized spacial score (nSPS) is 10.7. The van der Waals surface area contributed by atoms with Crippen LogP contribution in [0.4, 0.5) is 0 Å². The number of rotatable bonds is 3. The Kier molecular flexibility index (Phi) is 3.25. The van der Waals surface area contributed by atoms with E-state index in [9.17, 15) is 4.79 Å². The lowest BCUT2D eigenvalue weighted by atomic mass is 10.2. The van der Waals surface area contributed by atoms with Gasteiger partial charge in [-0.25, -0.2) is 4.79 Å². The van der Waals surface area contributed by atoms with Gasteiger partial charge in [0.05, 0.1) is 5.56 Å². The predicted molar refractivity (Wildman–Crippen MR) is 79.0 cm³/mol. The van der Waals surface area contributed by atoms with Crippen LogP contribution in [-0.4, -0.2) is 10.5 Å². The molecule has 1 heterocycles. The first-order chi connectivity index (χ1) is 9.78. The highest BCUT2D eigenvalue weighted by Crippen LogP contribution is 2.22. The highest BCUT2D eigenvalue weighted by molar-refractivity contribution is 5.91. The first-order valence-electron chi connectivity index (χ1n) is 6.64. The van der Waals surface area contributed by atoms with Gasteiger partial charge in [0.25, 0.3) is 0 Å². The second-order valence-electron chi connectivity index (χ2n) is 4.58. The average molecular weight is 265 g/mol. The van der Waals surface area contributed by atoms with E-state index in [0.29, 0.717) is 11.3 Å². The van der Waals surface area contributed by atoms with Gasteiger partial charge in [-0.15, -0.1) is 0 Å². The maximum Gasteiger partial charge on any atom is 0.343 e. The van der Waals surface area contributed by atoms with Crippen molar-refractivity contribution in [2.75, 3.05) is 0 Å². The van der Waals surface area contributed by atoms with Crippen molar-refractivity contribution in [2.24, 2.45) is 0 Å². The maximum atomic E-state index is 12.0.